The van der Waals surface area contributed by atoms with Crippen LogP contribution in [0.3, 0.4) is 0 Å². The van der Waals surface area contributed by atoms with Crippen LogP contribution in [0.1, 0.15) is 35.7 Å². The minimum Gasteiger partial charge on any atom is -0.494 e. The minimum absolute atomic E-state index is 0.0960. The first kappa shape index (κ1) is 29.3. The van der Waals surface area contributed by atoms with Gasteiger partial charge >= 0.3 is 0 Å². The number of anilines is 5. The average Bonchev–Trinajstić information content (AvgIpc) is 2.97. The van der Waals surface area contributed by atoms with Crippen LogP contribution in [-0.2, 0) is 0 Å². The van der Waals surface area contributed by atoms with Crippen LogP contribution in [0.4, 0.5) is 28.8 Å². The Morgan fingerprint density at radius 2 is 1.77 bits per heavy atom. The lowest BCUT2D eigenvalue weighted by molar-refractivity contribution is 0.00130. The van der Waals surface area contributed by atoms with Crippen molar-refractivity contribution in [2.24, 2.45) is 5.41 Å². The molecule has 4 aromatic rings. The summed E-state index contributed by atoms with van der Waals surface area (Å²) in [6.45, 7) is 12.7. The third-order valence-electron chi connectivity index (χ3n) is 8.91. The fourth-order valence-corrected chi connectivity index (χ4v) is 8.10. The highest BCUT2D eigenvalue weighted by Gasteiger charge is 2.43. The van der Waals surface area contributed by atoms with E-state index in [0.717, 1.165) is 30.2 Å². The first-order valence-corrected chi connectivity index (χ1v) is 17.1. The van der Waals surface area contributed by atoms with Crippen LogP contribution in [0.15, 0.2) is 54.7 Å². The van der Waals surface area contributed by atoms with Gasteiger partial charge in [0.15, 0.2) is 5.78 Å². The third kappa shape index (κ3) is 5.78. The average molecular weight is 597 g/mol. The Kier molecular flexibility index (Phi) is 8.01. The predicted octanol–water partition coefficient (Wildman–Crippen LogP) is 6.54. The maximum Gasteiger partial charge on any atom is 0.229 e. The Bertz CT molecular complexity index is 1670. The summed E-state index contributed by atoms with van der Waals surface area (Å²) in [5, 5.41) is 10.5. The largest absolute Gasteiger partial charge is 0.494 e. The Morgan fingerprint density at radius 1 is 1.02 bits per heavy atom. The fraction of sp³-hybridized carbons (Fsp3) is 0.382. The molecule has 0 unspecified atom stereocenters. The van der Waals surface area contributed by atoms with E-state index in [0.29, 0.717) is 22.7 Å². The number of hydrogen-bond acceptors (Lipinski definition) is 8. The summed E-state index contributed by atoms with van der Waals surface area (Å²) >= 11 is 0. The van der Waals surface area contributed by atoms with Gasteiger partial charge in [0.2, 0.25) is 5.95 Å². The number of aryl methyl sites for hydroxylation is 1. The molecule has 2 fully saturated rings. The number of fused-ring (bicyclic) bond motifs is 1. The molecule has 8 nitrogen and oxygen atoms in total. The Morgan fingerprint density at radius 3 is 2.44 bits per heavy atom. The van der Waals surface area contributed by atoms with Gasteiger partial charge in [0.05, 0.1) is 18.4 Å². The molecule has 0 bridgehead atoms. The number of carbonyl (C=O) groups is 1. The lowest BCUT2D eigenvalue weighted by atomic mass is 9.72. The molecule has 9 heteroatoms. The maximum absolute atomic E-state index is 12.6. The van der Waals surface area contributed by atoms with E-state index in [2.05, 4.69) is 101 Å². The number of rotatable bonds is 8. The summed E-state index contributed by atoms with van der Waals surface area (Å²) in [5.74, 6) is 1.51. The number of ether oxygens (including phenoxy) is 1. The van der Waals surface area contributed by atoms with E-state index in [1.165, 1.54) is 53.3 Å². The molecular formula is C34H41N6O2P. The normalized spacial score (nSPS) is 16.4. The van der Waals surface area contributed by atoms with Gasteiger partial charge in [0.1, 0.15) is 11.6 Å². The lowest BCUT2D eigenvalue weighted by Crippen LogP contribution is -2.58. The Labute approximate surface area is 255 Å². The molecule has 2 N–H and O–H groups in total. The second-order valence-corrected chi connectivity index (χ2v) is 14.6. The molecule has 1 aromatic heterocycles. The number of carbonyl (C=O) groups excluding carboxylic acids is 1. The number of likely N-dealkylation sites (tertiary alicyclic amines) is 1. The van der Waals surface area contributed by atoms with E-state index in [1.807, 2.05) is 0 Å². The topological polar surface area (TPSA) is 82.6 Å². The number of aromatic nitrogens is 2. The zero-order chi connectivity index (χ0) is 30.3. The molecule has 43 heavy (non-hydrogen) atoms. The Hall–Kier alpha value is -3.74. The highest BCUT2D eigenvalue weighted by Crippen LogP contribution is 2.43. The number of hydrogen-bond donors (Lipinski definition) is 2. The first-order chi connectivity index (χ1) is 20.7. The summed E-state index contributed by atoms with van der Waals surface area (Å²) in [7, 11) is 3.46. The van der Waals surface area contributed by atoms with Crippen molar-refractivity contribution in [3.8, 4) is 5.75 Å². The molecule has 224 valence electrons. The van der Waals surface area contributed by atoms with Crippen LogP contribution in [0.5, 0.6) is 5.75 Å². The molecule has 0 amide bonds. The molecule has 2 saturated heterocycles. The predicted molar refractivity (Wildman–Crippen MR) is 180 cm³/mol. The number of piperidine rings is 1. The molecular weight excluding hydrogens is 555 g/mol. The summed E-state index contributed by atoms with van der Waals surface area (Å²) in [4.78, 5) is 26.8. The zero-order valence-electron chi connectivity index (χ0n) is 26.0. The van der Waals surface area contributed by atoms with Crippen molar-refractivity contribution in [3.05, 3.63) is 65.9 Å². The molecule has 2 aliphatic heterocycles. The van der Waals surface area contributed by atoms with Gasteiger partial charge in [0, 0.05) is 55.1 Å². The highest BCUT2D eigenvalue weighted by molar-refractivity contribution is 7.65. The van der Waals surface area contributed by atoms with E-state index in [1.54, 1.807) is 20.2 Å². The molecule has 6 rings (SSSR count). The summed E-state index contributed by atoms with van der Waals surface area (Å²) in [6.07, 6.45) is 4.04. The second kappa shape index (κ2) is 11.7. The van der Waals surface area contributed by atoms with Crippen molar-refractivity contribution < 1.29 is 9.53 Å². The van der Waals surface area contributed by atoms with E-state index in [9.17, 15) is 4.79 Å². The number of nitrogens with zero attached hydrogens (tertiary/aromatic N) is 4. The van der Waals surface area contributed by atoms with Crippen molar-refractivity contribution in [1.29, 1.82) is 0 Å². The molecule has 3 aromatic carbocycles. The van der Waals surface area contributed by atoms with E-state index >= 15 is 0 Å². The van der Waals surface area contributed by atoms with Crippen LogP contribution >= 0.6 is 7.92 Å². The van der Waals surface area contributed by atoms with Crippen LogP contribution in [0, 0.1) is 12.3 Å². The van der Waals surface area contributed by atoms with Crippen molar-refractivity contribution in [2.45, 2.75) is 26.7 Å². The first-order valence-electron chi connectivity index (χ1n) is 14.9. The van der Waals surface area contributed by atoms with Gasteiger partial charge in [-0.1, -0.05) is 38.3 Å². The van der Waals surface area contributed by atoms with Crippen molar-refractivity contribution >= 4 is 58.6 Å². The van der Waals surface area contributed by atoms with E-state index in [-0.39, 0.29) is 5.78 Å². The standard InChI is InChI=1S/C34H41N6O2P/c1-22-17-28(30(42-4)18-29(22)40-15-13-34(14-16-40)20-39(3)21-34)37-33-35-19-26(23(2)41)32(38-33)36-27-12-11-24-9-7-8-10-25(24)31(27)43(5)6/h7-12,17-19H,13-16,20-21H2,1-6H3,(H2,35,36,37,38). The Balaban J connectivity index is 1.28. The molecule has 3 heterocycles. The van der Waals surface area contributed by atoms with Gasteiger partial charge in [-0.15, -0.1) is 0 Å². The van der Waals surface area contributed by atoms with Crippen molar-refractivity contribution in [1.82, 2.24) is 14.9 Å². The quantitative estimate of drug-likeness (QED) is 0.175. The van der Waals surface area contributed by atoms with Crippen LogP contribution in [-0.4, -0.2) is 74.3 Å². The maximum atomic E-state index is 12.6. The SMILES string of the molecule is COc1cc(N2CCC3(CC2)CN(C)C3)c(C)cc1Nc1ncc(C(C)=O)c(Nc2ccc3ccccc3c2P(C)C)n1. The third-order valence-corrected chi connectivity index (χ3v) is 10.3. The van der Waals surface area contributed by atoms with Crippen LogP contribution in [0.25, 0.3) is 10.8 Å². The number of Topliss-reactive ketones (excluding diaryl/α,β-unsaturated/α-hetero) is 1. The van der Waals surface area contributed by atoms with Gasteiger partial charge in [-0.2, -0.15) is 4.98 Å². The molecule has 0 saturated carbocycles. The second-order valence-electron chi connectivity index (χ2n) is 12.3. The van der Waals surface area contributed by atoms with Crippen molar-refractivity contribution in [3.63, 3.8) is 0 Å². The molecule has 1 spiro atoms. The fourth-order valence-electron chi connectivity index (χ4n) is 6.80. The summed E-state index contributed by atoms with van der Waals surface area (Å²) in [6, 6.07) is 16.8. The number of benzene rings is 3. The van der Waals surface area contributed by atoms with Crippen LogP contribution < -0.4 is 25.6 Å². The molecule has 2 aliphatic rings. The number of ketones is 1. The van der Waals surface area contributed by atoms with E-state index in [4.69, 9.17) is 9.72 Å². The smallest absolute Gasteiger partial charge is 0.229 e. The van der Waals surface area contributed by atoms with Gasteiger partial charge in [-0.3, -0.25) is 4.79 Å². The summed E-state index contributed by atoms with van der Waals surface area (Å²) in [5.41, 5.74) is 5.07. The van der Waals surface area contributed by atoms with Crippen molar-refractivity contribution in [2.75, 3.05) is 69.2 Å². The lowest BCUT2D eigenvalue weighted by Gasteiger charge is -2.53. The van der Waals surface area contributed by atoms with Gasteiger partial charge < -0.3 is 25.2 Å². The van der Waals surface area contributed by atoms with Crippen LogP contribution in [0.2, 0.25) is 0 Å². The zero-order valence-corrected chi connectivity index (χ0v) is 26.9. The van der Waals surface area contributed by atoms with E-state index < -0.39 is 7.92 Å². The number of methoxy groups -OCH3 is 1. The molecule has 0 aliphatic carbocycles. The monoisotopic (exact) mass is 596 g/mol. The molecule has 0 atom stereocenters. The molecule has 0 radical (unpaired) electrons. The van der Waals surface area contributed by atoms with Gasteiger partial charge in [-0.25, -0.2) is 4.98 Å². The van der Waals surface area contributed by atoms with Gasteiger partial charge in [0.25, 0.3) is 0 Å². The summed E-state index contributed by atoms with van der Waals surface area (Å²) < 4.78 is 5.84. The highest BCUT2D eigenvalue weighted by atomic mass is 31.1. The van der Waals surface area contributed by atoms with Gasteiger partial charge in [-0.05, 0) is 81.0 Å². The minimum atomic E-state index is -0.438. The number of nitrogens with one attached hydrogen (secondary N) is 2.